The lowest BCUT2D eigenvalue weighted by atomic mass is 10.1. The van der Waals surface area contributed by atoms with Crippen LogP contribution in [-0.2, 0) is 9.53 Å². The lowest BCUT2D eigenvalue weighted by molar-refractivity contribution is -0.131. The van der Waals surface area contributed by atoms with E-state index in [1.54, 1.807) is 6.08 Å². The number of anilines is 1. The van der Waals surface area contributed by atoms with E-state index in [1.807, 2.05) is 18.2 Å². The van der Waals surface area contributed by atoms with Crippen LogP contribution in [0.2, 0.25) is 5.02 Å². The molecule has 1 saturated heterocycles. The Morgan fingerprint density at radius 2 is 2.38 bits per heavy atom. The van der Waals surface area contributed by atoms with Crippen molar-refractivity contribution in [3.63, 3.8) is 0 Å². The third kappa shape index (κ3) is 4.22. The van der Waals surface area contributed by atoms with Crippen molar-refractivity contribution in [1.29, 1.82) is 0 Å². The Morgan fingerprint density at radius 1 is 1.57 bits per heavy atom. The van der Waals surface area contributed by atoms with E-state index in [4.69, 9.17) is 21.4 Å². The average Bonchev–Trinajstić information content (AvgIpc) is 2.96. The summed E-state index contributed by atoms with van der Waals surface area (Å²) in [6.45, 7) is 4.44. The second kappa shape index (κ2) is 7.48. The van der Waals surface area contributed by atoms with Gasteiger partial charge < -0.3 is 14.7 Å². The molecule has 0 bridgehead atoms. The van der Waals surface area contributed by atoms with Gasteiger partial charge in [0.25, 0.3) is 0 Å². The van der Waals surface area contributed by atoms with Crippen LogP contribution in [0.15, 0.2) is 24.3 Å². The number of hydrogen-bond acceptors (Lipinski definition) is 3. The van der Waals surface area contributed by atoms with Crippen LogP contribution >= 0.6 is 11.6 Å². The van der Waals surface area contributed by atoms with Crippen LogP contribution in [-0.4, -0.2) is 36.9 Å². The van der Waals surface area contributed by atoms with Crippen LogP contribution in [0.1, 0.15) is 25.3 Å². The quantitative estimate of drug-likeness (QED) is 0.818. The highest BCUT2D eigenvalue weighted by Crippen LogP contribution is 2.32. The number of benzene rings is 1. The van der Waals surface area contributed by atoms with E-state index < -0.39 is 5.97 Å². The van der Waals surface area contributed by atoms with E-state index >= 15 is 0 Å². The summed E-state index contributed by atoms with van der Waals surface area (Å²) < 4.78 is 5.69. The normalized spacial score (nSPS) is 18.3. The second-order valence-corrected chi connectivity index (χ2v) is 5.43. The Morgan fingerprint density at radius 3 is 3.00 bits per heavy atom. The van der Waals surface area contributed by atoms with Crippen LogP contribution in [0.25, 0.3) is 6.08 Å². The van der Waals surface area contributed by atoms with E-state index in [9.17, 15) is 4.79 Å². The first-order valence-corrected chi connectivity index (χ1v) is 7.55. The molecular weight excluding hydrogens is 290 g/mol. The first-order chi connectivity index (χ1) is 10.1. The smallest absolute Gasteiger partial charge is 0.328 e. The number of ether oxygens (including phenoxy) is 1. The third-order valence-electron chi connectivity index (χ3n) is 3.57. The Bertz CT molecular complexity index is 524. The summed E-state index contributed by atoms with van der Waals surface area (Å²) in [6.07, 6.45) is 5.09. The number of halogens is 1. The molecule has 1 aliphatic rings. The zero-order valence-corrected chi connectivity index (χ0v) is 12.8. The molecule has 1 N–H and O–H groups in total. The highest BCUT2D eigenvalue weighted by Gasteiger charge is 2.21. The molecule has 0 saturated carbocycles. The molecule has 1 unspecified atom stereocenters. The van der Waals surface area contributed by atoms with Gasteiger partial charge in [-0.05, 0) is 37.5 Å². The Kier molecular flexibility index (Phi) is 5.65. The summed E-state index contributed by atoms with van der Waals surface area (Å²) in [5.74, 6) is -0.969. The number of nitrogens with zero attached hydrogens (tertiary/aromatic N) is 1. The van der Waals surface area contributed by atoms with Crippen molar-refractivity contribution in [3.05, 3.63) is 34.9 Å². The van der Waals surface area contributed by atoms with Gasteiger partial charge in [-0.1, -0.05) is 23.7 Å². The molecule has 0 aromatic heterocycles. The Balaban J connectivity index is 2.27. The fraction of sp³-hybridized carbons (Fsp3) is 0.438. The predicted octanol–water partition coefficient (Wildman–Crippen LogP) is 3.44. The molecule has 5 heteroatoms. The number of para-hydroxylation sites is 1. The monoisotopic (exact) mass is 309 g/mol. The molecule has 1 fully saturated rings. The lowest BCUT2D eigenvalue weighted by Crippen LogP contribution is -2.32. The fourth-order valence-electron chi connectivity index (χ4n) is 2.57. The molecule has 0 spiro atoms. The molecule has 1 aromatic rings. The first kappa shape index (κ1) is 15.9. The largest absolute Gasteiger partial charge is 0.478 e. The summed E-state index contributed by atoms with van der Waals surface area (Å²) in [6, 6.07) is 5.53. The first-order valence-electron chi connectivity index (χ1n) is 7.18. The summed E-state index contributed by atoms with van der Waals surface area (Å²) in [4.78, 5) is 12.9. The van der Waals surface area contributed by atoms with Gasteiger partial charge in [0.05, 0.1) is 16.8 Å². The van der Waals surface area contributed by atoms with Crippen LogP contribution in [0.3, 0.4) is 0 Å². The van der Waals surface area contributed by atoms with Gasteiger partial charge in [-0.2, -0.15) is 0 Å². The van der Waals surface area contributed by atoms with Crippen LogP contribution in [0.5, 0.6) is 0 Å². The number of likely N-dealkylation sites (N-methyl/N-ethyl adjacent to an activating group) is 1. The average molecular weight is 310 g/mol. The molecule has 0 radical (unpaired) electrons. The highest BCUT2D eigenvalue weighted by molar-refractivity contribution is 6.33. The van der Waals surface area contributed by atoms with Crippen molar-refractivity contribution >= 4 is 29.3 Å². The minimum absolute atomic E-state index is 0.220. The zero-order valence-electron chi connectivity index (χ0n) is 12.1. The van der Waals surface area contributed by atoms with Crippen molar-refractivity contribution < 1.29 is 14.6 Å². The third-order valence-corrected chi connectivity index (χ3v) is 3.87. The van der Waals surface area contributed by atoms with Crippen molar-refractivity contribution in [3.8, 4) is 0 Å². The topological polar surface area (TPSA) is 49.8 Å². The van der Waals surface area contributed by atoms with Gasteiger partial charge in [0.1, 0.15) is 0 Å². The molecule has 4 nitrogen and oxygen atoms in total. The molecule has 1 aliphatic heterocycles. The molecular formula is C16H20ClNO3. The predicted molar refractivity (Wildman–Crippen MR) is 85.0 cm³/mol. The Hall–Kier alpha value is -1.52. The highest BCUT2D eigenvalue weighted by atomic mass is 35.5. The molecule has 0 amide bonds. The fourth-order valence-corrected chi connectivity index (χ4v) is 2.88. The molecule has 21 heavy (non-hydrogen) atoms. The molecule has 1 aromatic carbocycles. The second-order valence-electron chi connectivity index (χ2n) is 5.02. The van der Waals surface area contributed by atoms with E-state index in [2.05, 4.69) is 11.8 Å². The molecule has 114 valence electrons. The van der Waals surface area contributed by atoms with E-state index in [0.717, 1.165) is 49.9 Å². The lowest BCUT2D eigenvalue weighted by Gasteiger charge is -2.28. The summed E-state index contributed by atoms with van der Waals surface area (Å²) in [5, 5.41) is 9.43. The van der Waals surface area contributed by atoms with Crippen LogP contribution in [0, 0.1) is 0 Å². The molecule has 1 heterocycles. The van der Waals surface area contributed by atoms with E-state index in [0.29, 0.717) is 5.02 Å². The zero-order chi connectivity index (χ0) is 15.2. The van der Waals surface area contributed by atoms with Gasteiger partial charge in [0.15, 0.2) is 0 Å². The van der Waals surface area contributed by atoms with Gasteiger partial charge in [0, 0.05) is 25.8 Å². The van der Waals surface area contributed by atoms with Crippen molar-refractivity contribution in [2.45, 2.75) is 25.9 Å². The minimum atomic E-state index is -0.969. The molecule has 0 aliphatic carbocycles. The number of carboxylic acid groups (broad SMARTS) is 1. The summed E-state index contributed by atoms with van der Waals surface area (Å²) in [7, 11) is 0. The SMILES string of the molecule is CCN(CC1CCCO1)c1c(Cl)cccc1/C=C/C(=O)O. The molecule has 1 atom stereocenters. The Labute approximate surface area is 130 Å². The van der Waals surface area contributed by atoms with E-state index in [1.165, 1.54) is 0 Å². The van der Waals surface area contributed by atoms with Gasteiger partial charge in [0.2, 0.25) is 0 Å². The maximum absolute atomic E-state index is 10.7. The van der Waals surface area contributed by atoms with Crippen LogP contribution in [0.4, 0.5) is 5.69 Å². The van der Waals surface area contributed by atoms with Crippen molar-refractivity contribution in [2.24, 2.45) is 0 Å². The summed E-state index contributed by atoms with van der Waals surface area (Å²) >= 11 is 6.34. The van der Waals surface area contributed by atoms with Crippen LogP contribution < -0.4 is 4.90 Å². The van der Waals surface area contributed by atoms with Gasteiger partial charge in [-0.3, -0.25) is 0 Å². The van der Waals surface area contributed by atoms with E-state index in [-0.39, 0.29) is 6.10 Å². The number of rotatable bonds is 6. The standard InChI is InChI=1S/C16H20ClNO3/c1-2-18(11-13-6-4-10-21-13)16-12(8-9-15(19)20)5-3-7-14(16)17/h3,5,7-9,13H,2,4,6,10-11H2,1H3,(H,19,20)/b9-8+. The van der Waals surface area contributed by atoms with Gasteiger partial charge in [-0.15, -0.1) is 0 Å². The maximum Gasteiger partial charge on any atom is 0.328 e. The summed E-state index contributed by atoms with van der Waals surface area (Å²) in [5.41, 5.74) is 1.68. The van der Waals surface area contributed by atoms with Gasteiger partial charge >= 0.3 is 5.97 Å². The number of aliphatic carboxylic acids is 1. The van der Waals surface area contributed by atoms with Crippen molar-refractivity contribution in [1.82, 2.24) is 0 Å². The minimum Gasteiger partial charge on any atom is -0.478 e. The number of carbonyl (C=O) groups is 1. The van der Waals surface area contributed by atoms with Crippen molar-refractivity contribution in [2.75, 3.05) is 24.6 Å². The maximum atomic E-state index is 10.7. The van der Waals surface area contributed by atoms with Gasteiger partial charge in [-0.25, -0.2) is 4.79 Å². The number of carboxylic acids is 1. The number of hydrogen-bond donors (Lipinski definition) is 1. The molecule has 2 rings (SSSR count).